The molecular formula is C31H38NOP. The average Bonchev–Trinajstić information content (AvgIpc) is 2.82. The lowest BCUT2D eigenvalue weighted by atomic mass is 9.89. The van der Waals surface area contributed by atoms with E-state index in [9.17, 15) is 5.11 Å². The van der Waals surface area contributed by atoms with E-state index in [1.807, 2.05) is 0 Å². The third-order valence-electron chi connectivity index (χ3n) is 6.46. The van der Waals surface area contributed by atoms with Gasteiger partial charge >= 0.3 is 0 Å². The number of phenols is 1. The van der Waals surface area contributed by atoms with Gasteiger partial charge < -0.3 is 10.4 Å². The van der Waals surface area contributed by atoms with Crippen molar-refractivity contribution in [2.24, 2.45) is 11.8 Å². The number of phenolic OH excluding ortho intramolecular Hbond substituents is 1. The minimum absolute atomic E-state index is 0.0648. The topological polar surface area (TPSA) is 32.3 Å². The van der Waals surface area contributed by atoms with Gasteiger partial charge in [0.25, 0.3) is 0 Å². The Hall–Kier alpha value is -2.41. The van der Waals surface area contributed by atoms with Crippen molar-refractivity contribution in [3.8, 4) is 5.75 Å². The number of rotatable bonds is 8. The molecule has 3 atom stereocenters. The van der Waals surface area contributed by atoms with Gasteiger partial charge in [-0.3, -0.25) is 0 Å². The first kappa shape index (κ1) is 24.7. The second-order valence-electron chi connectivity index (χ2n) is 10.6. The van der Waals surface area contributed by atoms with Crippen LogP contribution in [0.5, 0.6) is 5.75 Å². The van der Waals surface area contributed by atoms with Crippen LogP contribution in [0.2, 0.25) is 0 Å². The largest absolute Gasteiger partial charge is 0.507 e. The molecule has 3 heteroatoms. The molecule has 178 valence electrons. The number of nitrogens with one attached hydrogen (secondary N) is 1. The summed E-state index contributed by atoms with van der Waals surface area (Å²) >= 11 is 0. The molecule has 4 rings (SSSR count). The summed E-state index contributed by atoms with van der Waals surface area (Å²) in [5.41, 5.74) is 3.80. The van der Waals surface area contributed by atoms with Gasteiger partial charge in [-0.2, -0.15) is 0 Å². The minimum atomic E-state index is 0.0648. The highest BCUT2D eigenvalue weighted by molar-refractivity contribution is 7.55. The molecule has 0 radical (unpaired) electrons. The Morgan fingerprint density at radius 2 is 1.53 bits per heavy atom. The van der Waals surface area contributed by atoms with Crippen LogP contribution in [-0.2, 0) is 19.4 Å². The van der Waals surface area contributed by atoms with E-state index in [2.05, 4.69) is 111 Å². The summed E-state index contributed by atoms with van der Waals surface area (Å²) < 4.78 is 0. The maximum absolute atomic E-state index is 11.4. The van der Waals surface area contributed by atoms with Crippen LogP contribution in [0.15, 0.2) is 85.0 Å². The highest BCUT2D eigenvalue weighted by atomic mass is 31.1. The maximum atomic E-state index is 11.4. The Morgan fingerprint density at radius 1 is 0.853 bits per heavy atom. The Labute approximate surface area is 207 Å². The van der Waals surface area contributed by atoms with Crippen molar-refractivity contribution >= 4 is 19.2 Å². The molecular weight excluding hydrogens is 433 g/mol. The van der Waals surface area contributed by atoms with E-state index < -0.39 is 0 Å². The standard InChI is InChI=1S/C31H38NOP/c1-31(2,3)32-22-26-16-10-11-17-28(26)34-29-21-25(18-23-12-6-4-7-13-23)20-27(30(29)33)19-24-14-8-5-9-15-24/h4-12,14,16-17,20-21,23-24,32-34H,13,15,18-19,22H2,1-3H3. The van der Waals surface area contributed by atoms with Crippen LogP contribution >= 0.6 is 8.58 Å². The summed E-state index contributed by atoms with van der Waals surface area (Å²) in [6.45, 7) is 7.42. The summed E-state index contributed by atoms with van der Waals surface area (Å²) in [5, 5.41) is 17.4. The molecule has 2 aliphatic rings. The van der Waals surface area contributed by atoms with E-state index in [1.54, 1.807) is 0 Å². The van der Waals surface area contributed by atoms with Crippen molar-refractivity contribution in [3.63, 3.8) is 0 Å². The molecule has 0 heterocycles. The molecule has 2 aromatic carbocycles. The van der Waals surface area contributed by atoms with E-state index in [0.29, 0.717) is 26.2 Å². The van der Waals surface area contributed by atoms with E-state index in [4.69, 9.17) is 0 Å². The van der Waals surface area contributed by atoms with Gasteiger partial charge in [0.15, 0.2) is 0 Å². The molecule has 0 fully saturated rings. The van der Waals surface area contributed by atoms with Crippen molar-refractivity contribution in [1.82, 2.24) is 5.32 Å². The van der Waals surface area contributed by atoms with Crippen LogP contribution in [0, 0.1) is 11.8 Å². The SMILES string of the molecule is CC(C)(C)NCc1ccccc1Pc1cc(CC2C=CC=CC2)cc(CC2C=CC=CC2)c1O. The molecule has 0 amide bonds. The van der Waals surface area contributed by atoms with Crippen LogP contribution in [-0.4, -0.2) is 10.6 Å². The average molecular weight is 472 g/mol. The quantitative estimate of drug-likeness (QED) is 0.446. The third kappa shape index (κ3) is 7.05. The molecule has 2 nitrogen and oxygen atoms in total. The number of hydrogen-bond donors (Lipinski definition) is 2. The fourth-order valence-corrected chi connectivity index (χ4v) is 5.92. The predicted octanol–water partition coefficient (Wildman–Crippen LogP) is 6.26. The van der Waals surface area contributed by atoms with Crippen LogP contribution in [0.25, 0.3) is 0 Å². The lowest BCUT2D eigenvalue weighted by molar-refractivity contribution is 0.425. The summed E-state index contributed by atoms with van der Waals surface area (Å²) in [7, 11) is 0.431. The number of allylic oxidation sites excluding steroid dienone is 8. The zero-order chi connectivity index (χ0) is 24.0. The van der Waals surface area contributed by atoms with Crippen molar-refractivity contribution in [3.05, 3.63) is 102 Å². The third-order valence-corrected chi connectivity index (χ3v) is 7.87. The van der Waals surface area contributed by atoms with Gasteiger partial charge in [-0.1, -0.05) is 87.5 Å². The number of hydrogen-bond acceptors (Lipinski definition) is 2. The zero-order valence-electron chi connectivity index (χ0n) is 20.7. The highest BCUT2D eigenvalue weighted by Crippen LogP contribution is 2.30. The molecule has 0 spiro atoms. The Morgan fingerprint density at radius 3 is 2.18 bits per heavy atom. The van der Waals surface area contributed by atoms with Gasteiger partial charge in [-0.25, -0.2) is 0 Å². The predicted molar refractivity (Wildman–Crippen MR) is 149 cm³/mol. The van der Waals surface area contributed by atoms with E-state index in [1.165, 1.54) is 16.4 Å². The highest BCUT2D eigenvalue weighted by Gasteiger charge is 2.18. The Balaban J connectivity index is 1.62. The molecule has 0 saturated carbocycles. The van der Waals surface area contributed by atoms with Gasteiger partial charge in [0.1, 0.15) is 5.75 Å². The first-order valence-electron chi connectivity index (χ1n) is 12.5. The van der Waals surface area contributed by atoms with Gasteiger partial charge in [-0.15, -0.1) is 0 Å². The summed E-state index contributed by atoms with van der Waals surface area (Å²) in [4.78, 5) is 0. The van der Waals surface area contributed by atoms with Gasteiger partial charge in [0.2, 0.25) is 0 Å². The van der Waals surface area contributed by atoms with Crippen molar-refractivity contribution in [2.45, 2.75) is 58.5 Å². The second-order valence-corrected chi connectivity index (χ2v) is 11.9. The Bertz CT molecular complexity index is 1100. The first-order chi connectivity index (χ1) is 16.4. The van der Waals surface area contributed by atoms with Crippen LogP contribution in [0.1, 0.15) is 50.3 Å². The monoisotopic (exact) mass is 471 g/mol. The molecule has 2 aromatic rings. The smallest absolute Gasteiger partial charge is 0.126 e. The van der Waals surface area contributed by atoms with Crippen LogP contribution in [0.4, 0.5) is 0 Å². The fourth-order valence-electron chi connectivity index (χ4n) is 4.58. The molecule has 3 unspecified atom stereocenters. The molecule has 0 aliphatic heterocycles. The van der Waals surface area contributed by atoms with Crippen LogP contribution in [0.3, 0.4) is 0 Å². The lowest BCUT2D eigenvalue weighted by Crippen LogP contribution is -2.36. The van der Waals surface area contributed by atoms with Crippen LogP contribution < -0.4 is 15.9 Å². The van der Waals surface area contributed by atoms with Crippen molar-refractivity contribution in [2.75, 3.05) is 0 Å². The first-order valence-corrected chi connectivity index (χ1v) is 13.5. The van der Waals surface area contributed by atoms with Crippen molar-refractivity contribution < 1.29 is 5.11 Å². The zero-order valence-corrected chi connectivity index (χ0v) is 21.7. The normalized spacial score (nSPS) is 20.0. The van der Waals surface area contributed by atoms with Gasteiger partial charge in [0.05, 0.1) is 0 Å². The van der Waals surface area contributed by atoms with Crippen molar-refractivity contribution in [1.29, 1.82) is 0 Å². The minimum Gasteiger partial charge on any atom is -0.507 e. The lowest BCUT2D eigenvalue weighted by Gasteiger charge is -2.22. The van der Waals surface area contributed by atoms with E-state index in [0.717, 1.165) is 43.1 Å². The Kier molecular flexibility index (Phi) is 8.24. The van der Waals surface area contributed by atoms with Gasteiger partial charge in [-0.05, 0) is 86.4 Å². The maximum Gasteiger partial charge on any atom is 0.126 e. The molecule has 2 aliphatic carbocycles. The fraction of sp³-hybridized carbons (Fsp3) is 0.355. The summed E-state index contributed by atoms with van der Waals surface area (Å²) in [6.07, 6.45) is 21.6. The van der Waals surface area contributed by atoms with Gasteiger partial charge in [0, 0.05) is 17.4 Å². The number of aromatic hydroxyl groups is 1. The molecule has 34 heavy (non-hydrogen) atoms. The molecule has 0 aromatic heterocycles. The number of benzene rings is 2. The molecule has 0 bridgehead atoms. The summed E-state index contributed by atoms with van der Waals surface area (Å²) in [5.74, 6) is 1.46. The second kappa shape index (κ2) is 11.3. The van der Waals surface area contributed by atoms with E-state index in [-0.39, 0.29) is 5.54 Å². The molecule has 0 saturated heterocycles. The molecule has 2 N–H and O–H groups in total. The summed E-state index contributed by atoms with van der Waals surface area (Å²) in [6, 6.07) is 13.2. The van der Waals surface area contributed by atoms with E-state index >= 15 is 0 Å².